The molecule has 0 bridgehead atoms. The molecule has 108 valence electrons. The highest BCUT2D eigenvalue weighted by atomic mass is 35.5. The van der Waals surface area contributed by atoms with Gasteiger partial charge in [0.05, 0.1) is 6.54 Å². The molecule has 0 aliphatic carbocycles. The number of nitrogens with one attached hydrogen (secondary N) is 1. The smallest absolute Gasteiger partial charge is 0.106 e. The molecule has 0 aliphatic rings. The van der Waals surface area contributed by atoms with Crippen LogP contribution in [0.4, 0.5) is 5.69 Å². The van der Waals surface area contributed by atoms with Gasteiger partial charge in [0, 0.05) is 29.1 Å². The van der Waals surface area contributed by atoms with Gasteiger partial charge in [-0.1, -0.05) is 31.0 Å². The SMILES string of the molecule is CCCCNc1ccc(Cn2c(C)cnc2C)c(Cl)c1. The van der Waals surface area contributed by atoms with Crippen molar-refractivity contribution in [1.29, 1.82) is 0 Å². The highest BCUT2D eigenvalue weighted by Gasteiger charge is 2.07. The first-order valence-electron chi connectivity index (χ1n) is 7.13. The zero-order valence-corrected chi connectivity index (χ0v) is 13.2. The summed E-state index contributed by atoms with van der Waals surface area (Å²) < 4.78 is 2.17. The van der Waals surface area contributed by atoms with Crippen molar-refractivity contribution in [1.82, 2.24) is 9.55 Å². The van der Waals surface area contributed by atoms with Crippen LogP contribution in [0.15, 0.2) is 24.4 Å². The molecule has 0 spiro atoms. The topological polar surface area (TPSA) is 29.9 Å². The van der Waals surface area contributed by atoms with E-state index in [0.717, 1.165) is 40.9 Å². The van der Waals surface area contributed by atoms with Crippen molar-refractivity contribution < 1.29 is 0 Å². The largest absolute Gasteiger partial charge is 0.385 e. The first-order valence-corrected chi connectivity index (χ1v) is 7.50. The minimum Gasteiger partial charge on any atom is -0.385 e. The van der Waals surface area contributed by atoms with E-state index >= 15 is 0 Å². The number of anilines is 1. The van der Waals surface area contributed by atoms with Crippen LogP contribution in [0, 0.1) is 13.8 Å². The van der Waals surface area contributed by atoms with Gasteiger partial charge in [0.1, 0.15) is 5.82 Å². The van der Waals surface area contributed by atoms with Crippen molar-refractivity contribution in [2.75, 3.05) is 11.9 Å². The Hall–Kier alpha value is -1.48. The van der Waals surface area contributed by atoms with Gasteiger partial charge in [-0.2, -0.15) is 0 Å². The molecule has 0 amide bonds. The van der Waals surface area contributed by atoms with Crippen molar-refractivity contribution in [2.45, 2.75) is 40.2 Å². The lowest BCUT2D eigenvalue weighted by atomic mass is 10.2. The predicted molar refractivity (Wildman–Crippen MR) is 85.7 cm³/mol. The zero-order chi connectivity index (χ0) is 14.5. The van der Waals surface area contributed by atoms with Crippen LogP contribution in [-0.4, -0.2) is 16.1 Å². The van der Waals surface area contributed by atoms with Gasteiger partial charge in [-0.3, -0.25) is 0 Å². The lowest BCUT2D eigenvalue weighted by Crippen LogP contribution is -2.05. The molecule has 0 radical (unpaired) electrons. The third-order valence-corrected chi connectivity index (χ3v) is 3.85. The average Bonchev–Trinajstić information content (AvgIpc) is 2.73. The average molecular weight is 292 g/mol. The van der Waals surface area contributed by atoms with Crippen LogP contribution in [0.3, 0.4) is 0 Å². The zero-order valence-electron chi connectivity index (χ0n) is 12.4. The van der Waals surface area contributed by atoms with Gasteiger partial charge in [-0.15, -0.1) is 0 Å². The fraction of sp³-hybridized carbons (Fsp3) is 0.438. The number of rotatable bonds is 6. The summed E-state index contributed by atoms with van der Waals surface area (Å²) in [6, 6.07) is 6.20. The van der Waals surface area contributed by atoms with Crippen LogP contribution >= 0.6 is 11.6 Å². The first kappa shape index (κ1) is 14.9. The molecule has 1 aromatic carbocycles. The Morgan fingerprint density at radius 1 is 1.30 bits per heavy atom. The Morgan fingerprint density at radius 2 is 2.10 bits per heavy atom. The monoisotopic (exact) mass is 291 g/mol. The normalized spacial score (nSPS) is 10.8. The molecule has 20 heavy (non-hydrogen) atoms. The Bertz CT molecular complexity index is 556. The van der Waals surface area contributed by atoms with E-state index in [1.165, 1.54) is 12.8 Å². The minimum absolute atomic E-state index is 0.770. The summed E-state index contributed by atoms with van der Waals surface area (Å²) in [7, 11) is 0. The highest BCUT2D eigenvalue weighted by Crippen LogP contribution is 2.23. The quantitative estimate of drug-likeness (QED) is 0.799. The number of aryl methyl sites for hydroxylation is 2. The molecule has 1 N–H and O–H groups in total. The van der Waals surface area contributed by atoms with Gasteiger partial charge in [0.2, 0.25) is 0 Å². The summed E-state index contributed by atoms with van der Waals surface area (Å²) in [5.41, 5.74) is 3.37. The first-order chi connectivity index (χ1) is 9.61. The van der Waals surface area contributed by atoms with E-state index in [-0.39, 0.29) is 0 Å². The lowest BCUT2D eigenvalue weighted by Gasteiger charge is -2.12. The van der Waals surface area contributed by atoms with Crippen molar-refractivity contribution in [3.05, 3.63) is 46.5 Å². The van der Waals surface area contributed by atoms with E-state index in [4.69, 9.17) is 11.6 Å². The molecule has 0 saturated heterocycles. The molecule has 1 heterocycles. The summed E-state index contributed by atoms with van der Waals surface area (Å²) in [6.45, 7) is 8.03. The third-order valence-electron chi connectivity index (χ3n) is 3.50. The Kier molecular flexibility index (Phi) is 5.07. The van der Waals surface area contributed by atoms with Gasteiger partial charge in [0.15, 0.2) is 0 Å². The molecule has 0 atom stereocenters. The number of halogens is 1. The van der Waals surface area contributed by atoms with Crippen LogP contribution in [0.5, 0.6) is 0 Å². The van der Waals surface area contributed by atoms with Crippen LogP contribution in [0.2, 0.25) is 5.02 Å². The maximum Gasteiger partial charge on any atom is 0.106 e. The van der Waals surface area contributed by atoms with E-state index in [1.54, 1.807) is 0 Å². The number of aromatic nitrogens is 2. The molecule has 2 rings (SSSR count). The predicted octanol–water partition coefficient (Wildman–Crippen LogP) is 4.41. The summed E-state index contributed by atoms with van der Waals surface area (Å²) in [5.74, 6) is 1.02. The fourth-order valence-corrected chi connectivity index (χ4v) is 2.43. The van der Waals surface area contributed by atoms with Crippen LogP contribution in [0.25, 0.3) is 0 Å². The molecule has 0 fully saturated rings. The Labute approximate surface area is 126 Å². The fourth-order valence-electron chi connectivity index (χ4n) is 2.19. The summed E-state index contributed by atoms with van der Waals surface area (Å²) >= 11 is 6.39. The van der Waals surface area contributed by atoms with Gasteiger partial charge >= 0.3 is 0 Å². The van der Waals surface area contributed by atoms with Crippen molar-refractivity contribution in [2.24, 2.45) is 0 Å². The van der Waals surface area contributed by atoms with Crippen molar-refractivity contribution in [3.63, 3.8) is 0 Å². The van der Waals surface area contributed by atoms with Crippen molar-refractivity contribution >= 4 is 17.3 Å². The molecule has 4 heteroatoms. The molecular formula is C16H22ClN3. The van der Waals surface area contributed by atoms with Crippen LogP contribution in [-0.2, 0) is 6.54 Å². The highest BCUT2D eigenvalue weighted by molar-refractivity contribution is 6.31. The van der Waals surface area contributed by atoms with E-state index in [1.807, 2.05) is 19.2 Å². The van der Waals surface area contributed by atoms with Gasteiger partial charge in [-0.05, 0) is 38.0 Å². The number of benzene rings is 1. The second kappa shape index (κ2) is 6.80. The van der Waals surface area contributed by atoms with E-state index in [0.29, 0.717) is 0 Å². The van der Waals surface area contributed by atoms with Crippen LogP contribution in [0.1, 0.15) is 36.8 Å². The second-order valence-corrected chi connectivity index (χ2v) is 5.53. The number of imidazole rings is 1. The van der Waals surface area contributed by atoms with Gasteiger partial charge in [0.25, 0.3) is 0 Å². The minimum atomic E-state index is 0.770. The summed E-state index contributed by atoms with van der Waals surface area (Å²) in [6.07, 6.45) is 4.26. The van der Waals surface area contributed by atoms with E-state index < -0.39 is 0 Å². The van der Waals surface area contributed by atoms with E-state index in [9.17, 15) is 0 Å². The molecule has 3 nitrogen and oxygen atoms in total. The van der Waals surface area contributed by atoms with Gasteiger partial charge < -0.3 is 9.88 Å². The molecule has 0 aliphatic heterocycles. The number of unbranched alkanes of at least 4 members (excludes halogenated alkanes) is 1. The summed E-state index contributed by atoms with van der Waals surface area (Å²) in [4.78, 5) is 4.32. The Balaban J connectivity index is 2.10. The summed E-state index contributed by atoms with van der Waals surface area (Å²) in [5, 5.41) is 4.20. The molecule has 2 aromatic rings. The molecular weight excluding hydrogens is 270 g/mol. The number of hydrogen-bond donors (Lipinski definition) is 1. The third kappa shape index (κ3) is 3.54. The lowest BCUT2D eigenvalue weighted by molar-refractivity contribution is 0.738. The van der Waals surface area contributed by atoms with Gasteiger partial charge in [-0.25, -0.2) is 4.98 Å². The molecule has 0 unspecified atom stereocenters. The molecule has 0 saturated carbocycles. The maximum absolute atomic E-state index is 6.39. The number of hydrogen-bond acceptors (Lipinski definition) is 2. The standard InChI is InChI=1S/C16H22ClN3/c1-4-5-8-18-15-7-6-14(16(17)9-15)11-20-12(2)10-19-13(20)3/h6-7,9-10,18H,4-5,8,11H2,1-3H3. The Morgan fingerprint density at radius 3 is 2.70 bits per heavy atom. The second-order valence-electron chi connectivity index (χ2n) is 5.12. The van der Waals surface area contributed by atoms with Crippen LogP contribution < -0.4 is 5.32 Å². The molecule has 1 aromatic heterocycles. The van der Waals surface area contributed by atoms with Crippen molar-refractivity contribution in [3.8, 4) is 0 Å². The number of nitrogens with zero attached hydrogens (tertiary/aromatic N) is 2. The van der Waals surface area contributed by atoms with E-state index in [2.05, 4.69) is 40.8 Å². The maximum atomic E-state index is 6.39.